The van der Waals surface area contributed by atoms with E-state index < -0.39 is 29.5 Å². The van der Waals surface area contributed by atoms with E-state index in [1.807, 2.05) is 0 Å². The van der Waals surface area contributed by atoms with Crippen molar-refractivity contribution in [3.63, 3.8) is 0 Å². The quantitative estimate of drug-likeness (QED) is 0.727. The van der Waals surface area contributed by atoms with Gasteiger partial charge in [0.05, 0.1) is 0 Å². The summed E-state index contributed by atoms with van der Waals surface area (Å²) in [6.45, 7) is 0.235. The van der Waals surface area contributed by atoms with Crippen LogP contribution >= 0.6 is 0 Å². The highest BCUT2D eigenvalue weighted by atomic mass is 19.1. The molecule has 1 fully saturated rings. The predicted octanol–water partition coefficient (Wildman–Crippen LogP) is 0.740. The predicted molar refractivity (Wildman–Crippen MR) is 53.3 cm³/mol. The Balaban J connectivity index is 2.34. The van der Waals surface area contributed by atoms with Crippen molar-refractivity contribution in [2.45, 2.75) is 5.92 Å². The fourth-order valence-electron chi connectivity index (χ4n) is 1.95. The highest BCUT2D eigenvalue weighted by Gasteiger charge is 2.41. The molecule has 2 atom stereocenters. The first-order valence-electron chi connectivity index (χ1n) is 4.85. The molecule has 0 radical (unpaired) electrons. The number of halogens is 1. The van der Waals surface area contributed by atoms with Gasteiger partial charge in [-0.2, -0.15) is 0 Å². The fraction of sp³-hybridized carbons (Fsp3) is 0.273. The highest BCUT2D eigenvalue weighted by molar-refractivity contribution is 5.99. The third-order valence-electron chi connectivity index (χ3n) is 2.72. The number of amides is 1. The van der Waals surface area contributed by atoms with Gasteiger partial charge in [-0.05, 0) is 17.7 Å². The summed E-state index contributed by atoms with van der Waals surface area (Å²) in [7, 11) is 0. The Bertz CT molecular complexity index is 447. The number of carboxylic acid groups (broad SMARTS) is 1. The third-order valence-corrected chi connectivity index (χ3v) is 2.72. The lowest BCUT2D eigenvalue weighted by Crippen LogP contribution is -2.26. The van der Waals surface area contributed by atoms with E-state index in [2.05, 4.69) is 5.32 Å². The summed E-state index contributed by atoms with van der Waals surface area (Å²) in [6, 6.07) is 5.68. The van der Waals surface area contributed by atoms with Gasteiger partial charge in [0.25, 0.3) is 0 Å². The van der Waals surface area contributed by atoms with E-state index in [4.69, 9.17) is 5.11 Å². The van der Waals surface area contributed by atoms with E-state index in [-0.39, 0.29) is 6.54 Å². The average Bonchev–Trinajstić information content (AvgIpc) is 2.60. The van der Waals surface area contributed by atoms with Crippen molar-refractivity contribution >= 4 is 11.9 Å². The summed E-state index contributed by atoms with van der Waals surface area (Å²) in [4.78, 5) is 22.2. The summed E-state index contributed by atoms with van der Waals surface area (Å²) in [5, 5.41) is 11.4. The maximum absolute atomic E-state index is 13.0. The molecule has 0 bridgehead atoms. The summed E-state index contributed by atoms with van der Waals surface area (Å²) in [5.41, 5.74) is 0.533. The molecule has 0 aliphatic carbocycles. The molecule has 2 N–H and O–H groups in total. The molecule has 1 aliphatic rings. The van der Waals surface area contributed by atoms with Gasteiger partial charge in [-0.1, -0.05) is 12.1 Å². The van der Waals surface area contributed by atoms with E-state index in [9.17, 15) is 14.0 Å². The number of hydrogen-bond donors (Lipinski definition) is 2. The molecular formula is C11H10FNO3. The Kier molecular flexibility index (Phi) is 2.60. The van der Waals surface area contributed by atoms with E-state index in [1.54, 1.807) is 6.07 Å². The van der Waals surface area contributed by atoms with Crippen LogP contribution in [-0.2, 0) is 9.59 Å². The lowest BCUT2D eigenvalue weighted by molar-refractivity contribution is -0.145. The van der Waals surface area contributed by atoms with Gasteiger partial charge >= 0.3 is 5.97 Å². The van der Waals surface area contributed by atoms with Gasteiger partial charge in [0.1, 0.15) is 11.7 Å². The number of hydrogen-bond acceptors (Lipinski definition) is 2. The molecule has 1 aromatic carbocycles. The van der Waals surface area contributed by atoms with Crippen LogP contribution in [-0.4, -0.2) is 23.5 Å². The highest BCUT2D eigenvalue weighted by Crippen LogP contribution is 2.29. The largest absolute Gasteiger partial charge is 0.481 e. The van der Waals surface area contributed by atoms with Crippen LogP contribution in [0, 0.1) is 11.7 Å². The van der Waals surface area contributed by atoms with E-state index in [0.29, 0.717) is 5.56 Å². The molecule has 0 saturated carbocycles. The molecule has 16 heavy (non-hydrogen) atoms. The third kappa shape index (κ3) is 1.76. The van der Waals surface area contributed by atoms with Crippen LogP contribution in [0.4, 0.5) is 4.39 Å². The maximum Gasteiger partial charge on any atom is 0.316 e. The van der Waals surface area contributed by atoms with Crippen molar-refractivity contribution < 1.29 is 19.1 Å². The topological polar surface area (TPSA) is 66.4 Å². The number of benzene rings is 1. The van der Waals surface area contributed by atoms with Gasteiger partial charge in [0, 0.05) is 12.5 Å². The molecule has 1 saturated heterocycles. The number of carbonyl (C=O) groups excluding carboxylic acids is 1. The second-order valence-corrected chi connectivity index (χ2v) is 3.72. The van der Waals surface area contributed by atoms with E-state index >= 15 is 0 Å². The Hall–Kier alpha value is -1.91. The molecule has 2 rings (SSSR count). The number of carbonyl (C=O) groups is 2. The van der Waals surface area contributed by atoms with Crippen molar-refractivity contribution in [1.29, 1.82) is 0 Å². The molecule has 1 amide bonds. The molecular weight excluding hydrogens is 213 g/mol. The van der Waals surface area contributed by atoms with E-state index in [1.165, 1.54) is 18.2 Å². The maximum atomic E-state index is 13.0. The molecule has 4 nitrogen and oxygen atoms in total. The van der Waals surface area contributed by atoms with Crippen LogP contribution in [0.15, 0.2) is 24.3 Å². The van der Waals surface area contributed by atoms with Gasteiger partial charge in [-0.15, -0.1) is 0 Å². The van der Waals surface area contributed by atoms with Gasteiger partial charge in [-0.25, -0.2) is 4.39 Å². The fourth-order valence-corrected chi connectivity index (χ4v) is 1.95. The van der Waals surface area contributed by atoms with Crippen molar-refractivity contribution in [1.82, 2.24) is 5.32 Å². The Morgan fingerprint density at radius 2 is 2.25 bits per heavy atom. The summed E-state index contributed by atoms with van der Waals surface area (Å²) < 4.78 is 13.0. The van der Waals surface area contributed by atoms with Crippen LogP contribution in [0.1, 0.15) is 11.5 Å². The van der Waals surface area contributed by atoms with Crippen LogP contribution in [0.2, 0.25) is 0 Å². The minimum absolute atomic E-state index is 0.235. The van der Waals surface area contributed by atoms with Crippen molar-refractivity contribution in [2.75, 3.05) is 6.54 Å². The summed E-state index contributed by atoms with van der Waals surface area (Å²) in [6.07, 6.45) is 0. The van der Waals surface area contributed by atoms with Gasteiger partial charge in [0.2, 0.25) is 5.91 Å². The standard InChI is InChI=1S/C11H10FNO3/c12-7-3-1-2-6(4-7)8-5-13-10(14)9(8)11(15)16/h1-4,8-9H,5H2,(H,13,14)(H,15,16)/t8-,9+/m1/s1. The zero-order chi connectivity index (χ0) is 11.7. The number of aliphatic carboxylic acids is 1. The molecule has 0 spiro atoms. The molecule has 0 unspecified atom stereocenters. The minimum Gasteiger partial charge on any atom is -0.481 e. The van der Waals surface area contributed by atoms with Crippen LogP contribution in [0.3, 0.4) is 0 Å². The molecule has 0 aromatic heterocycles. The van der Waals surface area contributed by atoms with Crippen molar-refractivity contribution in [2.24, 2.45) is 5.92 Å². The van der Waals surface area contributed by atoms with Crippen molar-refractivity contribution in [3.05, 3.63) is 35.6 Å². The normalized spacial score (nSPS) is 24.2. The molecule has 1 aromatic rings. The van der Waals surface area contributed by atoms with E-state index in [0.717, 1.165) is 0 Å². The van der Waals surface area contributed by atoms with Crippen LogP contribution in [0.5, 0.6) is 0 Å². The summed E-state index contributed by atoms with van der Waals surface area (Å²) >= 11 is 0. The molecule has 5 heteroatoms. The van der Waals surface area contributed by atoms with Crippen molar-refractivity contribution in [3.8, 4) is 0 Å². The lowest BCUT2D eigenvalue weighted by Gasteiger charge is -2.12. The Labute approximate surface area is 91.1 Å². The molecule has 1 aliphatic heterocycles. The zero-order valence-electron chi connectivity index (χ0n) is 8.31. The smallest absolute Gasteiger partial charge is 0.316 e. The average molecular weight is 223 g/mol. The second kappa shape index (κ2) is 3.92. The monoisotopic (exact) mass is 223 g/mol. The first kappa shape index (κ1) is 10.6. The zero-order valence-corrected chi connectivity index (χ0v) is 8.31. The lowest BCUT2D eigenvalue weighted by atomic mass is 9.88. The molecule has 1 heterocycles. The summed E-state index contributed by atoms with van der Waals surface area (Å²) in [5.74, 6) is -3.74. The van der Waals surface area contributed by atoms with Crippen LogP contribution in [0.25, 0.3) is 0 Å². The van der Waals surface area contributed by atoms with Gasteiger partial charge in [-0.3, -0.25) is 9.59 Å². The number of rotatable bonds is 2. The van der Waals surface area contributed by atoms with Crippen LogP contribution < -0.4 is 5.32 Å². The van der Waals surface area contributed by atoms with Gasteiger partial charge < -0.3 is 10.4 Å². The first-order valence-corrected chi connectivity index (χ1v) is 4.85. The Morgan fingerprint density at radius 3 is 2.88 bits per heavy atom. The Morgan fingerprint density at radius 1 is 1.50 bits per heavy atom. The number of carboxylic acids is 1. The number of nitrogens with one attached hydrogen (secondary N) is 1. The minimum atomic E-state index is -1.18. The molecule has 84 valence electrons. The van der Waals surface area contributed by atoms with Gasteiger partial charge in [0.15, 0.2) is 0 Å². The first-order chi connectivity index (χ1) is 7.59. The SMILES string of the molecule is O=C(O)[C@@H]1C(=O)NC[C@@H]1c1cccc(F)c1. The second-order valence-electron chi connectivity index (χ2n) is 3.72.